The normalized spacial score (nSPS) is 18.2. The molecule has 4 amide bonds. The Morgan fingerprint density at radius 1 is 1.03 bits per heavy atom. The second-order valence-corrected chi connectivity index (χ2v) is 7.98. The number of rotatable bonds is 11. The number of hydrogen-bond donors (Lipinski definition) is 6. The highest BCUT2D eigenvalue weighted by molar-refractivity contribution is 5.93. The minimum atomic E-state index is -1.14. The Morgan fingerprint density at radius 3 is 2.24 bits per heavy atom. The third-order valence-corrected chi connectivity index (χ3v) is 4.63. The highest BCUT2D eigenvalue weighted by Crippen LogP contribution is 2.09. The van der Waals surface area contributed by atoms with E-state index in [1.54, 1.807) is 0 Å². The van der Waals surface area contributed by atoms with E-state index in [0.29, 0.717) is 6.42 Å². The van der Waals surface area contributed by atoms with Crippen LogP contribution in [-0.4, -0.2) is 66.2 Å². The Bertz CT molecular complexity index is 575. The van der Waals surface area contributed by atoms with E-state index in [2.05, 4.69) is 26.6 Å². The predicted octanol–water partition coefficient (Wildman–Crippen LogP) is -0.0636. The van der Waals surface area contributed by atoms with Crippen molar-refractivity contribution < 1.29 is 24.3 Å². The highest BCUT2D eigenvalue weighted by atomic mass is 16.4. The predicted molar refractivity (Wildman–Crippen MR) is 108 cm³/mol. The zero-order chi connectivity index (χ0) is 22.0. The van der Waals surface area contributed by atoms with Gasteiger partial charge in [-0.25, -0.2) is 4.79 Å². The van der Waals surface area contributed by atoms with Gasteiger partial charge in [-0.15, -0.1) is 0 Å². The van der Waals surface area contributed by atoms with E-state index < -0.39 is 24.1 Å². The van der Waals surface area contributed by atoms with Crippen molar-refractivity contribution in [2.24, 2.45) is 5.92 Å². The lowest BCUT2D eigenvalue weighted by molar-refractivity contribution is -0.133. The van der Waals surface area contributed by atoms with E-state index in [1.165, 1.54) is 0 Å². The maximum absolute atomic E-state index is 12.8. The number of nitrogens with one attached hydrogen (secondary N) is 5. The van der Waals surface area contributed by atoms with E-state index >= 15 is 0 Å². The molecule has 3 atom stereocenters. The van der Waals surface area contributed by atoms with Crippen LogP contribution in [0, 0.1) is 5.92 Å². The Morgan fingerprint density at radius 2 is 1.72 bits per heavy atom. The van der Waals surface area contributed by atoms with Gasteiger partial charge >= 0.3 is 6.09 Å². The van der Waals surface area contributed by atoms with Crippen molar-refractivity contribution in [1.82, 2.24) is 26.6 Å². The summed E-state index contributed by atoms with van der Waals surface area (Å²) in [6.45, 7) is 8.23. The smallest absolute Gasteiger partial charge is 0.404 e. The first-order valence-electron chi connectivity index (χ1n) is 10.2. The van der Waals surface area contributed by atoms with Gasteiger partial charge in [-0.1, -0.05) is 13.8 Å². The van der Waals surface area contributed by atoms with Gasteiger partial charge in [0, 0.05) is 12.6 Å². The molecule has 1 fully saturated rings. The van der Waals surface area contributed by atoms with Crippen LogP contribution in [0.5, 0.6) is 0 Å². The molecule has 0 radical (unpaired) electrons. The maximum Gasteiger partial charge on any atom is 0.404 e. The Balaban J connectivity index is 2.74. The van der Waals surface area contributed by atoms with E-state index in [0.717, 1.165) is 19.4 Å². The van der Waals surface area contributed by atoms with Crippen LogP contribution in [0.25, 0.3) is 0 Å². The largest absolute Gasteiger partial charge is 0.465 e. The third kappa shape index (κ3) is 9.12. The SMILES string of the molecule is CC(C)NC(=O)C(CCCNC(=O)O)NC(=O)C(NC(=O)[C@@H]1CCCN1)C(C)C. The summed E-state index contributed by atoms with van der Waals surface area (Å²) in [6.07, 6.45) is 1.16. The summed E-state index contributed by atoms with van der Waals surface area (Å²) in [5.41, 5.74) is 0. The molecule has 1 saturated heterocycles. The molecule has 0 bridgehead atoms. The summed E-state index contributed by atoms with van der Waals surface area (Å²) >= 11 is 0. The molecular weight excluding hydrogens is 378 g/mol. The molecule has 0 aliphatic carbocycles. The van der Waals surface area contributed by atoms with Crippen LogP contribution in [0.2, 0.25) is 0 Å². The number of amides is 4. The summed E-state index contributed by atoms with van der Waals surface area (Å²) in [6, 6.07) is -1.99. The first-order valence-corrected chi connectivity index (χ1v) is 10.2. The molecule has 0 spiro atoms. The van der Waals surface area contributed by atoms with Gasteiger partial charge in [0.15, 0.2) is 0 Å². The fourth-order valence-corrected chi connectivity index (χ4v) is 3.11. The molecule has 0 aromatic rings. The van der Waals surface area contributed by atoms with E-state index in [-0.39, 0.29) is 42.8 Å². The summed E-state index contributed by atoms with van der Waals surface area (Å²) in [7, 11) is 0. The highest BCUT2D eigenvalue weighted by Gasteiger charge is 2.31. The zero-order valence-electron chi connectivity index (χ0n) is 17.7. The van der Waals surface area contributed by atoms with Crippen LogP contribution < -0.4 is 26.6 Å². The Labute approximate surface area is 171 Å². The minimum Gasteiger partial charge on any atom is -0.465 e. The van der Waals surface area contributed by atoms with Crippen LogP contribution in [0.1, 0.15) is 53.4 Å². The molecule has 0 saturated carbocycles. The van der Waals surface area contributed by atoms with E-state index in [9.17, 15) is 19.2 Å². The van der Waals surface area contributed by atoms with Gasteiger partial charge in [-0.3, -0.25) is 14.4 Å². The molecule has 29 heavy (non-hydrogen) atoms. The topological polar surface area (TPSA) is 149 Å². The lowest BCUT2D eigenvalue weighted by Crippen LogP contribution is -2.57. The van der Waals surface area contributed by atoms with E-state index in [1.807, 2.05) is 27.7 Å². The summed E-state index contributed by atoms with van der Waals surface area (Å²) in [5, 5.41) is 22.3. The van der Waals surface area contributed by atoms with Gasteiger partial charge in [0.1, 0.15) is 12.1 Å². The van der Waals surface area contributed by atoms with Gasteiger partial charge < -0.3 is 31.7 Å². The van der Waals surface area contributed by atoms with Crippen LogP contribution in [0.3, 0.4) is 0 Å². The molecule has 1 aliphatic heterocycles. The summed E-state index contributed by atoms with van der Waals surface area (Å²) in [5.74, 6) is -1.15. The van der Waals surface area contributed by atoms with Crippen molar-refractivity contribution in [2.75, 3.05) is 13.1 Å². The average molecular weight is 414 g/mol. The number of carboxylic acid groups (broad SMARTS) is 1. The standard InChI is InChI=1S/C19H35N5O5/c1-11(2)15(24-16(25)13-7-5-9-20-13)18(27)23-14(17(26)22-12(3)4)8-6-10-21-19(28)29/h11-15,20-21H,5-10H2,1-4H3,(H,22,26)(H,23,27)(H,24,25)(H,28,29)/t13-,14?,15?/m0/s1. The van der Waals surface area contributed by atoms with Gasteiger partial charge in [-0.05, 0) is 52.0 Å². The number of carbonyl (C=O) groups excluding carboxylic acids is 3. The van der Waals surface area contributed by atoms with Crippen molar-refractivity contribution in [3.63, 3.8) is 0 Å². The van der Waals surface area contributed by atoms with Crippen LogP contribution in [0.15, 0.2) is 0 Å². The second-order valence-electron chi connectivity index (χ2n) is 7.98. The zero-order valence-corrected chi connectivity index (χ0v) is 17.7. The maximum atomic E-state index is 12.8. The van der Waals surface area contributed by atoms with Crippen molar-refractivity contribution in [1.29, 1.82) is 0 Å². The Kier molecular flexibility index (Phi) is 10.4. The molecule has 10 nitrogen and oxygen atoms in total. The van der Waals surface area contributed by atoms with Gasteiger partial charge in [0.05, 0.1) is 6.04 Å². The fraction of sp³-hybridized carbons (Fsp3) is 0.789. The molecule has 0 aromatic heterocycles. The molecule has 2 unspecified atom stereocenters. The Hall–Kier alpha value is -2.36. The quantitative estimate of drug-likeness (QED) is 0.261. The molecule has 0 aromatic carbocycles. The summed E-state index contributed by atoms with van der Waals surface area (Å²) in [4.78, 5) is 48.3. The van der Waals surface area contributed by atoms with Gasteiger partial charge in [0.2, 0.25) is 17.7 Å². The van der Waals surface area contributed by atoms with E-state index in [4.69, 9.17) is 5.11 Å². The molecular formula is C19H35N5O5. The van der Waals surface area contributed by atoms with Crippen LogP contribution in [0.4, 0.5) is 4.79 Å². The molecule has 10 heteroatoms. The van der Waals surface area contributed by atoms with Crippen molar-refractivity contribution >= 4 is 23.8 Å². The fourth-order valence-electron chi connectivity index (χ4n) is 3.11. The first-order chi connectivity index (χ1) is 13.6. The van der Waals surface area contributed by atoms with Crippen LogP contribution >= 0.6 is 0 Å². The lowest BCUT2D eigenvalue weighted by Gasteiger charge is -2.26. The molecule has 1 rings (SSSR count). The number of hydrogen-bond acceptors (Lipinski definition) is 5. The first kappa shape index (κ1) is 24.7. The van der Waals surface area contributed by atoms with Crippen molar-refractivity contribution in [3.8, 4) is 0 Å². The molecule has 1 aliphatic rings. The second kappa shape index (κ2) is 12.3. The monoisotopic (exact) mass is 413 g/mol. The molecule has 1 heterocycles. The number of carbonyl (C=O) groups is 4. The van der Waals surface area contributed by atoms with Crippen LogP contribution in [-0.2, 0) is 14.4 Å². The molecule has 6 N–H and O–H groups in total. The van der Waals surface area contributed by atoms with Gasteiger partial charge in [0.25, 0.3) is 0 Å². The van der Waals surface area contributed by atoms with Gasteiger partial charge in [-0.2, -0.15) is 0 Å². The van der Waals surface area contributed by atoms with Crippen molar-refractivity contribution in [3.05, 3.63) is 0 Å². The molecule has 166 valence electrons. The lowest BCUT2D eigenvalue weighted by atomic mass is 10.0. The third-order valence-electron chi connectivity index (χ3n) is 4.63. The average Bonchev–Trinajstić information content (AvgIpc) is 3.15. The minimum absolute atomic E-state index is 0.104. The summed E-state index contributed by atoms with van der Waals surface area (Å²) < 4.78 is 0. The van der Waals surface area contributed by atoms with Crippen molar-refractivity contribution in [2.45, 2.75) is 77.5 Å².